The standard InChI is InChI=1S/C19H24N2O2S2/c1-3-5-10-20-18(23)11-16-12-24-19(21-16)25-13-17(22)15-8-6-14(4-2)7-9-15/h6-9,12H,3-5,10-11,13H2,1-2H3,(H,20,23). The summed E-state index contributed by atoms with van der Waals surface area (Å²) in [5, 5.41) is 4.78. The Morgan fingerprint density at radius 3 is 2.64 bits per heavy atom. The zero-order valence-corrected chi connectivity index (χ0v) is 16.3. The van der Waals surface area contributed by atoms with Crippen molar-refractivity contribution >= 4 is 34.8 Å². The molecule has 1 aromatic carbocycles. The molecule has 0 aliphatic heterocycles. The lowest BCUT2D eigenvalue weighted by Gasteiger charge is -2.02. The van der Waals surface area contributed by atoms with Gasteiger partial charge in [0.1, 0.15) is 0 Å². The maximum Gasteiger partial charge on any atom is 0.226 e. The second-order valence-corrected chi connectivity index (χ2v) is 7.83. The van der Waals surface area contributed by atoms with Crippen LogP contribution in [0.5, 0.6) is 0 Å². The van der Waals surface area contributed by atoms with Gasteiger partial charge in [-0.15, -0.1) is 11.3 Å². The fourth-order valence-corrected chi connectivity index (χ4v) is 3.94. The SMILES string of the molecule is CCCCNC(=O)Cc1csc(SCC(=O)c2ccc(CC)cc2)n1. The Kier molecular flexibility index (Phi) is 8.15. The summed E-state index contributed by atoms with van der Waals surface area (Å²) < 4.78 is 0.829. The number of hydrogen-bond acceptors (Lipinski definition) is 5. The van der Waals surface area contributed by atoms with Gasteiger partial charge in [-0.25, -0.2) is 4.98 Å². The van der Waals surface area contributed by atoms with Crippen molar-refractivity contribution in [3.8, 4) is 0 Å². The smallest absolute Gasteiger partial charge is 0.226 e. The first-order valence-electron chi connectivity index (χ1n) is 8.58. The minimum atomic E-state index is 0.00221. The van der Waals surface area contributed by atoms with Crippen LogP contribution < -0.4 is 5.32 Å². The number of rotatable bonds is 10. The summed E-state index contributed by atoms with van der Waals surface area (Å²) >= 11 is 2.91. The van der Waals surface area contributed by atoms with Gasteiger partial charge in [-0.3, -0.25) is 9.59 Å². The van der Waals surface area contributed by atoms with E-state index in [1.165, 1.54) is 28.7 Å². The first kappa shape index (κ1) is 19.7. The van der Waals surface area contributed by atoms with Gasteiger partial charge in [0, 0.05) is 17.5 Å². The fourth-order valence-electron chi connectivity index (χ4n) is 2.20. The van der Waals surface area contributed by atoms with E-state index in [9.17, 15) is 9.59 Å². The topological polar surface area (TPSA) is 59.1 Å². The molecule has 0 aliphatic carbocycles. The Bertz CT molecular complexity index is 696. The summed E-state index contributed by atoms with van der Waals surface area (Å²) in [4.78, 5) is 28.5. The van der Waals surface area contributed by atoms with Crippen molar-refractivity contribution in [2.24, 2.45) is 0 Å². The number of nitrogens with one attached hydrogen (secondary N) is 1. The predicted octanol–water partition coefficient (Wildman–Crippen LogP) is 4.14. The van der Waals surface area contributed by atoms with E-state index < -0.39 is 0 Å². The van der Waals surface area contributed by atoms with E-state index in [0.29, 0.717) is 18.7 Å². The van der Waals surface area contributed by atoms with Crippen LogP contribution in [0.3, 0.4) is 0 Å². The lowest BCUT2D eigenvalue weighted by Crippen LogP contribution is -2.26. The van der Waals surface area contributed by atoms with Gasteiger partial charge in [-0.05, 0) is 18.4 Å². The Morgan fingerprint density at radius 1 is 1.20 bits per heavy atom. The van der Waals surface area contributed by atoms with Crippen molar-refractivity contribution in [3.63, 3.8) is 0 Å². The normalized spacial score (nSPS) is 10.6. The van der Waals surface area contributed by atoms with Gasteiger partial charge < -0.3 is 5.32 Å². The molecule has 2 rings (SSSR count). The van der Waals surface area contributed by atoms with Crippen LogP contribution in [0.2, 0.25) is 0 Å². The van der Waals surface area contributed by atoms with E-state index in [2.05, 4.69) is 24.1 Å². The highest BCUT2D eigenvalue weighted by Crippen LogP contribution is 2.24. The molecule has 1 heterocycles. The van der Waals surface area contributed by atoms with Crippen molar-refractivity contribution < 1.29 is 9.59 Å². The fraction of sp³-hybridized carbons (Fsp3) is 0.421. The highest BCUT2D eigenvalue weighted by molar-refractivity contribution is 8.01. The van der Waals surface area contributed by atoms with Gasteiger partial charge in [0.25, 0.3) is 0 Å². The molecule has 0 bridgehead atoms. The molecule has 1 N–H and O–H groups in total. The molecular weight excluding hydrogens is 352 g/mol. The zero-order valence-electron chi connectivity index (χ0n) is 14.7. The predicted molar refractivity (Wildman–Crippen MR) is 105 cm³/mol. The summed E-state index contributed by atoms with van der Waals surface area (Å²) in [6.07, 6.45) is 3.32. The van der Waals surface area contributed by atoms with Crippen LogP contribution in [0, 0.1) is 0 Å². The van der Waals surface area contributed by atoms with E-state index in [1.807, 2.05) is 29.6 Å². The number of carbonyl (C=O) groups excluding carboxylic acids is 2. The molecule has 0 unspecified atom stereocenters. The number of Topliss-reactive ketones (excluding diaryl/α,β-unsaturated/α-hetero) is 1. The van der Waals surface area contributed by atoms with Gasteiger partial charge in [0.2, 0.25) is 5.91 Å². The van der Waals surface area contributed by atoms with Crippen LogP contribution in [-0.4, -0.2) is 29.0 Å². The number of ketones is 1. The average molecular weight is 377 g/mol. The molecule has 0 spiro atoms. The summed E-state index contributed by atoms with van der Waals surface area (Å²) in [6.45, 7) is 4.90. The Labute approximate surface area is 157 Å². The van der Waals surface area contributed by atoms with Gasteiger partial charge in [-0.2, -0.15) is 0 Å². The third-order valence-electron chi connectivity index (χ3n) is 3.74. The monoisotopic (exact) mass is 376 g/mol. The number of amides is 1. The van der Waals surface area contributed by atoms with Crippen LogP contribution in [0.4, 0.5) is 0 Å². The third-order valence-corrected chi connectivity index (χ3v) is 5.81. The minimum absolute atomic E-state index is 0.00221. The maximum atomic E-state index is 12.2. The van der Waals surface area contributed by atoms with E-state index in [-0.39, 0.29) is 11.7 Å². The van der Waals surface area contributed by atoms with E-state index in [4.69, 9.17) is 0 Å². The Balaban J connectivity index is 1.80. The molecule has 4 nitrogen and oxygen atoms in total. The minimum Gasteiger partial charge on any atom is -0.356 e. The molecule has 6 heteroatoms. The molecule has 134 valence electrons. The molecule has 25 heavy (non-hydrogen) atoms. The van der Waals surface area contributed by atoms with Crippen LogP contribution in [0.25, 0.3) is 0 Å². The third kappa shape index (κ3) is 6.63. The number of carbonyl (C=O) groups is 2. The highest BCUT2D eigenvalue weighted by Gasteiger charge is 2.11. The number of hydrogen-bond donors (Lipinski definition) is 1. The molecule has 1 aromatic heterocycles. The Hall–Kier alpha value is -1.66. The summed E-state index contributed by atoms with van der Waals surface area (Å²) in [5.41, 5.74) is 2.73. The van der Waals surface area contributed by atoms with Gasteiger partial charge >= 0.3 is 0 Å². The van der Waals surface area contributed by atoms with Crippen LogP contribution in [-0.2, 0) is 17.6 Å². The van der Waals surface area contributed by atoms with Crippen LogP contribution in [0.15, 0.2) is 34.0 Å². The molecule has 0 saturated heterocycles. The quantitative estimate of drug-likeness (QED) is 0.385. The summed E-state index contributed by atoms with van der Waals surface area (Å²) in [7, 11) is 0. The molecule has 0 radical (unpaired) electrons. The molecule has 0 atom stereocenters. The molecule has 0 aliphatic rings. The number of aryl methyl sites for hydroxylation is 1. The number of unbranched alkanes of at least 4 members (excludes halogenated alkanes) is 1. The van der Waals surface area contributed by atoms with Crippen molar-refractivity contribution in [3.05, 3.63) is 46.5 Å². The van der Waals surface area contributed by atoms with Gasteiger partial charge in [-0.1, -0.05) is 56.3 Å². The first-order valence-corrected chi connectivity index (χ1v) is 10.4. The molecule has 2 aromatic rings. The number of nitrogens with zero attached hydrogens (tertiary/aromatic N) is 1. The Morgan fingerprint density at radius 2 is 1.96 bits per heavy atom. The van der Waals surface area contributed by atoms with Crippen molar-refractivity contribution in [2.75, 3.05) is 12.3 Å². The van der Waals surface area contributed by atoms with Crippen molar-refractivity contribution in [1.29, 1.82) is 0 Å². The van der Waals surface area contributed by atoms with Crippen molar-refractivity contribution in [2.45, 2.75) is 43.9 Å². The summed E-state index contributed by atoms with van der Waals surface area (Å²) in [6, 6.07) is 7.76. The second-order valence-electron chi connectivity index (χ2n) is 5.75. The number of thiazole rings is 1. The number of benzene rings is 1. The highest BCUT2D eigenvalue weighted by atomic mass is 32.2. The van der Waals surface area contributed by atoms with Crippen molar-refractivity contribution in [1.82, 2.24) is 10.3 Å². The molecule has 0 saturated carbocycles. The molecule has 0 fully saturated rings. The van der Waals surface area contributed by atoms with Crippen LogP contribution >= 0.6 is 23.1 Å². The lowest BCUT2D eigenvalue weighted by molar-refractivity contribution is -0.120. The summed E-state index contributed by atoms with van der Waals surface area (Å²) in [5.74, 6) is 0.463. The van der Waals surface area contributed by atoms with Gasteiger partial charge in [0.15, 0.2) is 10.1 Å². The van der Waals surface area contributed by atoms with Crippen LogP contribution in [0.1, 0.15) is 48.3 Å². The zero-order chi connectivity index (χ0) is 18.1. The lowest BCUT2D eigenvalue weighted by atomic mass is 10.1. The average Bonchev–Trinajstić information content (AvgIpc) is 3.07. The molecular formula is C19H24N2O2S2. The maximum absolute atomic E-state index is 12.2. The van der Waals surface area contributed by atoms with Gasteiger partial charge in [0.05, 0.1) is 17.9 Å². The van der Waals surface area contributed by atoms with E-state index in [1.54, 1.807) is 0 Å². The number of thioether (sulfide) groups is 1. The van der Waals surface area contributed by atoms with E-state index >= 15 is 0 Å². The number of aromatic nitrogens is 1. The van der Waals surface area contributed by atoms with E-state index in [0.717, 1.165) is 34.9 Å². The first-order chi connectivity index (χ1) is 12.1. The largest absolute Gasteiger partial charge is 0.356 e. The second kappa shape index (κ2) is 10.4. The molecule has 1 amide bonds.